The molecule has 2 heterocycles. The van der Waals surface area contributed by atoms with Crippen molar-refractivity contribution in [2.24, 2.45) is 10.8 Å². The van der Waals surface area contributed by atoms with E-state index in [9.17, 15) is 8.78 Å². The summed E-state index contributed by atoms with van der Waals surface area (Å²) in [4.78, 5) is 4.28. The van der Waals surface area contributed by atoms with Crippen molar-refractivity contribution in [3.63, 3.8) is 0 Å². The van der Waals surface area contributed by atoms with Gasteiger partial charge in [0.25, 0.3) is 0 Å². The standard InChI is InChI=1S/C19H14Cl2F2N6/c20-14-4-1-5-16(17(14)21)29-19(24)26-27-28(29)10-11-3-2-8-25-18(11)13-7-6-12(22)9-15(13)23/h1-9,27H,10H2,(H2,24,26). The van der Waals surface area contributed by atoms with Crippen molar-refractivity contribution in [3.05, 3.63) is 82.0 Å². The van der Waals surface area contributed by atoms with E-state index in [-0.39, 0.29) is 18.1 Å². The smallest absolute Gasteiger partial charge is 0.236 e. The summed E-state index contributed by atoms with van der Waals surface area (Å²) in [5, 5.41) is 7.81. The number of nitrogens with two attached hydrogens (primary N) is 1. The van der Waals surface area contributed by atoms with Crippen LogP contribution in [0.1, 0.15) is 5.56 Å². The minimum absolute atomic E-state index is 0.146. The van der Waals surface area contributed by atoms with Gasteiger partial charge in [-0.15, -0.1) is 10.2 Å². The van der Waals surface area contributed by atoms with Crippen LogP contribution in [0.5, 0.6) is 0 Å². The van der Waals surface area contributed by atoms with Crippen LogP contribution in [0, 0.1) is 11.6 Å². The summed E-state index contributed by atoms with van der Waals surface area (Å²) >= 11 is 12.5. The summed E-state index contributed by atoms with van der Waals surface area (Å²) in [6, 6.07) is 12.0. The monoisotopic (exact) mass is 434 g/mol. The Hall–Kier alpha value is -2.94. The molecule has 4 rings (SSSR count). The van der Waals surface area contributed by atoms with Crippen LogP contribution in [0.25, 0.3) is 11.3 Å². The van der Waals surface area contributed by atoms with Crippen molar-refractivity contribution in [1.29, 1.82) is 0 Å². The molecule has 2 aromatic carbocycles. The van der Waals surface area contributed by atoms with Crippen LogP contribution in [0.2, 0.25) is 10.0 Å². The number of rotatable bonds is 4. The fraction of sp³-hybridized carbons (Fsp3) is 0.0526. The van der Waals surface area contributed by atoms with E-state index in [4.69, 9.17) is 28.9 Å². The van der Waals surface area contributed by atoms with E-state index < -0.39 is 11.6 Å². The minimum Gasteiger partial charge on any atom is -0.367 e. The lowest BCUT2D eigenvalue weighted by atomic mass is 10.1. The topological polar surface area (TPSA) is 69.8 Å². The number of nitrogens with one attached hydrogen (secondary N) is 1. The third kappa shape index (κ3) is 3.69. The Morgan fingerprint density at radius 3 is 2.69 bits per heavy atom. The zero-order valence-electron chi connectivity index (χ0n) is 14.8. The maximum Gasteiger partial charge on any atom is 0.236 e. The minimum atomic E-state index is -0.704. The van der Waals surface area contributed by atoms with Gasteiger partial charge in [-0.25, -0.2) is 19.3 Å². The molecular formula is C19H14Cl2F2N6. The molecule has 29 heavy (non-hydrogen) atoms. The van der Waals surface area contributed by atoms with Gasteiger partial charge in [0.1, 0.15) is 11.6 Å². The summed E-state index contributed by atoms with van der Waals surface area (Å²) in [7, 11) is 0. The highest BCUT2D eigenvalue weighted by atomic mass is 35.5. The Kier molecular flexibility index (Phi) is 5.23. The lowest BCUT2D eigenvalue weighted by Gasteiger charge is -2.29. The molecule has 6 nitrogen and oxygen atoms in total. The van der Waals surface area contributed by atoms with Crippen LogP contribution >= 0.6 is 23.2 Å². The second kappa shape index (κ2) is 7.82. The number of guanidine groups is 1. The Morgan fingerprint density at radius 2 is 1.90 bits per heavy atom. The lowest BCUT2D eigenvalue weighted by molar-refractivity contribution is 0.212. The summed E-state index contributed by atoms with van der Waals surface area (Å²) < 4.78 is 27.6. The summed E-state index contributed by atoms with van der Waals surface area (Å²) in [6.07, 6.45) is 1.54. The van der Waals surface area contributed by atoms with Crippen LogP contribution in [-0.4, -0.2) is 16.1 Å². The molecule has 0 saturated heterocycles. The molecule has 0 fully saturated rings. The molecule has 3 aromatic rings. The first kappa shape index (κ1) is 19.4. The fourth-order valence-corrected chi connectivity index (χ4v) is 3.37. The highest BCUT2D eigenvalue weighted by molar-refractivity contribution is 6.44. The molecule has 148 valence electrons. The number of pyridine rings is 1. The second-order valence-corrected chi connectivity index (χ2v) is 6.93. The van der Waals surface area contributed by atoms with Gasteiger partial charge in [-0.1, -0.05) is 35.3 Å². The SMILES string of the molecule is NC1=NNN(Cc2cccnc2-c2ccc(F)cc2F)N1c1cccc(Cl)c1Cl. The van der Waals surface area contributed by atoms with Crippen LogP contribution in [0.3, 0.4) is 0 Å². The first-order chi connectivity index (χ1) is 14.0. The van der Waals surface area contributed by atoms with Gasteiger partial charge in [0.15, 0.2) is 0 Å². The number of hydrazone groups is 1. The number of hydrogen-bond donors (Lipinski definition) is 2. The molecule has 0 unspecified atom stereocenters. The average Bonchev–Trinajstić information content (AvgIpc) is 3.05. The molecule has 0 atom stereocenters. The number of aromatic nitrogens is 1. The summed E-state index contributed by atoms with van der Waals surface area (Å²) in [5.74, 6) is -1.22. The summed E-state index contributed by atoms with van der Waals surface area (Å²) in [5.41, 5.74) is 10.5. The first-order valence-electron chi connectivity index (χ1n) is 8.45. The van der Waals surface area contributed by atoms with E-state index in [0.717, 1.165) is 6.07 Å². The average molecular weight is 435 g/mol. The molecule has 0 radical (unpaired) electrons. The zero-order chi connectivity index (χ0) is 20.5. The van der Waals surface area contributed by atoms with E-state index >= 15 is 0 Å². The van der Waals surface area contributed by atoms with Crippen LogP contribution < -0.4 is 16.3 Å². The van der Waals surface area contributed by atoms with Gasteiger partial charge >= 0.3 is 0 Å². The molecular weight excluding hydrogens is 421 g/mol. The van der Waals surface area contributed by atoms with E-state index in [2.05, 4.69) is 15.6 Å². The van der Waals surface area contributed by atoms with Crippen molar-refractivity contribution in [2.75, 3.05) is 5.01 Å². The Morgan fingerprint density at radius 1 is 1.07 bits per heavy atom. The van der Waals surface area contributed by atoms with Crippen LogP contribution in [0.4, 0.5) is 14.5 Å². The van der Waals surface area contributed by atoms with Crippen molar-refractivity contribution in [2.45, 2.75) is 6.54 Å². The van der Waals surface area contributed by atoms with Crippen LogP contribution in [0.15, 0.2) is 59.8 Å². The second-order valence-electron chi connectivity index (χ2n) is 6.15. The van der Waals surface area contributed by atoms with Gasteiger partial charge in [0.05, 0.1) is 28.0 Å². The van der Waals surface area contributed by atoms with E-state index in [1.807, 2.05) is 0 Å². The fourth-order valence-electron chi connectivity index (χ4n) is 2.99. The molecule has 3 N–H and O–H groups in total. The first-order valence-corrected chi connectivity index (χ1v) is 9.21. The number of hydrazine groups is 2. The van der Waals surface area contributed by atoms with Gasteiger partial charge in [0.2, 0.25) is 5.96 Å². The lowest BCUT2D eigenvalue weighted by Crippen LogP contribution is -2.47. The van der Waals surface area contributed by atoms with Gasteiger partial charge in [-0.05, 0) is 35.9 Å². The maximum absolute atomic E-state index is 14.3. The van der Waals surface area contributed by atoms with Gasteiger partial charge in [-0.2, -0.15) is 0 Å². The number of anilines is 1. The van der Waals surface area contributed by atoms with Crippen LogP contribution in [-0.2, 0) is 6.54 Å². The van der Waals surface area contributed by atoms with Gasteiger partial charge in [0, 0.05) is 17.8 Å². The zero-order valence-corrected chi connectivity index (χ0v) is 16.3. The number of nitrogens with zero attached hydrogens (tertiary/aromatic N) is 4. The number of hydrogen-bond acceptors (Lipinski definition) is 6. The third-order valence-corrected chi connectivity index (χ3v) is 5.10. The number of halogens is 4. The van der Waals surface area contributed by atoms with E-state index in [1.54, 1.807) is 40.5 Å². The van der Waals surface area contributed by atoms with Crippen molar-refractivity contribution in [1.82, 2.24) is 15.6 Å². The quantitative estimate of drug-likeness (QED) is 0.640. The Bertz CT molecular complexity index is 1110. The molecule has 1 aromatic heterocycles. The van der Waals surface area contributed by atoms with E-state index in [1.165, 1.54) is 18.3 Å². The van der Waals surface area contributed by atoms with Crippen molar-refractivity contribution >= 4 is 34.8 Å². The molecule has 0 aliphatic carbocycles. The largest absolute Gasteiger partial charge is 0.367 e. The van der Waals surface area contributed by atoms with Crippen molar-refractivity contribution < 1.29 is 8.78 Å². The molecule has 0 spiro atoms. The summed E-state index contributed by atoms with van der Waals surface area (Å²) in [6.45, 7) is 0.201. The molecule has 1 aliphatic rings. The third-order valence-electron chi connectivity index (χ3n) is 4.30. The predicted octanol–water partition coefficient (Wildman–Crippen LogP) is 4.31. The maximum atomic E-state index is 14.3. The Labute approximate surface area is 175 Å². The molecule has 0 bridgehead atoms. The molecule has 0 saturated carbocycles. The highest BCUT2D eigenvalue weighted by Gasteiger charge is 2.29. The van der Waals surface area contributed by atoms with Gasteiger partial charge < -0.3 is 5.73 Å². The van der Waals surface area contributed by atoms with Gasteiger partial charge in [-0.3, -0.25) is 4.98 Å². The van der Waals surface area contributed by atoms with E-state index in [0.29, 0.717) is 27.0 Å². The predicted molar refractivity (Wildman–Crippen MR) is 109 cm³/mol. The number of benzene rings is 2. The highest BCUT2D eigenvalue weighted by Crippen LogP contribution is 2.34. The molecule has 10 heteroatoms. The molecule has 0 amide bonds. The Balaban J connectivity index is 1.70. The normalized spacial score (nSPS) is 14.1. The van der Waals surface area contributed by atoms with Crippen molar-refractivity contribution in [3.8, 4) is 11.3 Å². The molecule has 1 aliphatic heterocycles.